The standard InChI is InChI=1S/C24H39N5O2/c1-19(18-31-2)27-13-9-21(10-14-27)28-11-4-12-29(16-15-28)23-6-3-5-22(26-23)24(30)25-17-20-7-8-20/h3,5-6,19-21H,4,7-18H2,1-2H3,(H,25,30). The Labute approximate surface area is 187 Å². The van der Waals surface area contributed by atoms with E-state index in [1.54, 1.807) is 7.11 Å². The number of piperidine rings is 1. The van der Waals surface area contributed by atoms with Crippen LogP contribution < -0.4 is 10.2 Å². The Morgan fingerprint density at radius 2 is 1.94 bits per heavy atom. The van der Waals surface area contributed by atoms with Crippen molar-refractivity contribution in [2.24, 2.45) is 5.92 Å². The number of likely N-dealkylation sites (tertiary alicyclic amines) is 1. The van der Waals surface area contributed by atoms with Crippen LogP contribution in [0.5, 0.6) is 0 Å². The molecule has 1 aliphatic carbocycles. The molecule has 4 rings (SSSR count). The quantitative estimate of drug-likeness (QED) is 0.684. The molecule has 3 aliphatic rings. The van der Waals surface area contributed by atoms with Crippen molar-refractivity contribution in [1.29, 1.82) is 0 Å². The fraction of sp³-hybridized carbons (Fsp3) is 0.750. The molecule has 2 aliphatic heterocycles. The first kappa shape index (κ1) is 22.5. The third-order valence-corrected chi connectivity index (χ3v) is 7.12. The zero-order valence-corrected chi connectivity index (χ0v) is 19.3. The summed E-state index contributed by atoms with van der Waals surface area (Å²) in [5.74, 6) is 1.57. The lowest BCUT2D eigenvalue weighted by Crippen LogP contribution is -2.49. The Bertz CT molecular complexity index is 718. The van der Waals surface area contributed by atoms with Gasteiger partial charge in [0.05, 0.1) is 6.61 Å². The molecule has 0 radical (unpaired) electrons. The van der Waals surface area contributed by atoms with E-state index in [0.29, 0.717) is 23.7 Å². The summed E-state index contributed by atoms with van der Waals surface area (Å²) in [5, 5.41) is 3.03. The van der Waals surface area contributed by atoms with Gasteiger partial charge in [0.25, 0.3) is 5.91 Å². The number of hydrogen-bond donors (Lipinski definition) is 1. The third-order valence-electron chi connectivity index (χ3n) is 7.12. The summed E-state index contributed by atoms with van der Waals surface area (Å²) in [5.41, 5.74) is 0.539. The molecule has 1 aromatic heterocycles. The number of anilines is 1. The summed E-state index contributed by atoms with van der Waals surface area (Å²) in [7, 11) is 1.79. The Morgan fingerprint density at radius 3 is 2.68 bits per heavy atom. The van der Waals surface area contributed by atoms with E-state index in [1.165, 1.54) is 25.7 Å². The maximum atomic E-state index is 12.4. The SMILES string of the molecule is COCC(C)N1CCC(N2CCCN(c3cccc(C(=O)NCC4CC4)n3)CC2)CC1. The average Bonchev–Trinajstić information content (AvgIpc) is 3.64. The van der Waals surface area contributed by atoms with Crippen LogP contribution in [-0.2, 0) is 4.74 Å². The van der Waals surface area contributed by atoms with Crippen molar-refractivity contribution in [3.8, 4) is 0 Å². The molecule has 3 fully saturated rings. The molecule has 0 spiro atoms. The van der Waals surface area contributed by atoms with Crippen LogP contribution in [0.3, 0.4) is 0 Å². The van der Waals surface area contributed by atoms with E-state index in [1.807, 2.05) is 18.2 Å². The second-order valence-corrected chi connectivity index (χ2v) is 9.48. The van der Waals surface area contributed by atoms with E-state index in [2.05, 4.69) is 26.9 Å². The van der Waals surface area contributed by atoms with Gasteiger partial charge in [0.2, 0.25) is 0 Å². The molecule has 1 saturated carbocycles. The van der Waals surface area contributed by atoms with Gasteiger partial charge in [-0.25, -0.2) is 4.98 Å². The normalized spacial score (nSPS) is 22.8. The smallest absolute Gasteiger partial charge is 0.269 e. The van der Waals surface area contributed by atoms with Crippen molar-refractivity contribution in [2.75, 3.05) is 64.4 Å². The molecular weight excluding hydrogens is 390 g/mol. The molecule has 172 valence electrons. The van der Waals surface area contributed by atoms with Crippen LogP contribution >= 0.6 is 0 Å². The van der Waals surface area contributed by atoms with E-state index in [4.69, 9.17) is 9.72 Å². The van der Waals surface area contributed by atoms with E-state index < -0.39 is 0 Å². The van der Waals surface area contributed by atoms with Gasteiger partial charge < -0.3 is 15.0 Å². The molecule has 2 saturated heterocycles. The summed E-state index contributed by atoms with van der Waals surface area (Å²) in [6, 6.07) is 7.02. The third kappa shape index (κ3) is 6.18. The molecule has 1 atom stereocenters. The number of hydrogen-bond acceptors (Lipinski definition) is 6. The molecule has 3 heterocycles. The second-order valence-electron chi connectivity index (χ2n) is 9.48. The minimum Gasteiger partial charge on any atom is -0.383 e. The van der Waals surface area contributed by atoms with E-state index in [-0.39, 0.29) is 5.91 Å². The topological polar surface area (TPSA) is 60.9 Å². The van der Waals surface area contributed by atoms with Gasteiger partial charge >= 0.3 is 0 Å². The lowest BCUT2D eigenvalue weighted by molar-refractivity contribution is 0.0551. The first-order valence-electron chi connectivity index (χ1n) is 12.1. The first-order chi connectivity index (χ1) is 15.1. The number of methoxy groups -OCH3 is 1. The maximum absolute atomic E-state index is 12.4. The van der Waals surface area contributed by atoms with Crippen molar-refractivity contribution in [3.63, 3.8) is 0 Å². The number of carbonyl (C=O) groups excluding carboxylic acids is 1. The number of carbonyl (C=O) groups is 1. The van der Waals surface area contributed by atoms with Crippen molar-refractivity contribution in [2.45, 2.75) is 51.1 Å². The monoisotopic (exact) mass is 429 g/mol. The number of nitrogens with zero attached hydrogens (tertiary/aromatic N) is 4. The van der Waals surface area contributed by atoms with Gasteiger partial charge in [-0.05, 0) is 70.2 Å². The van der Waals surface area contributed by atoms with E-state index >= 15 is 0 Å². The molecule has 1 aromatic rings. The summed E-state index contributed by atoms with van der Waals surface area (Å²) < 4.78 is 5.33. The predicted molar refractivity (Wildman–Crippen MR) is 124 cm³/mol. The molecule has 7 heteroatoms. The van der Waals surface area contributed by atoms with Gasteiger partial charge in [0, 0.05) is 51.9 Å². The highest BCUT2D eigenvalue weighted by atomic mass is 16.5. The van der Waals surface area contributed by atoms with Crippen LogP contribution in [-0.4, -0.2) is 92.3 Å². The highest BCUT2D eigenvalue weighted by molar-refractivity contribution is 5.92. The number of amides is 1. The number of ether oxygens (including phenoxy) is 1. The van der Waals surface area contributed by atoms with Crippen molar-refractivity contribution in [3.05, 3.63) is 23.9 Å². The summed E-state index contributed by atoms with van der Waals surface area (Å²) >= 11 is 0. The van der Waals surface area contributed by atoms with Crippen LogP contribution in [0.4, 0.5) is 5.82 Å². The Hall–Kier alpha value is -1.70. The molecule has 1 N–H and O–H groups in total. The van der Waals surface area contributed by atoms with Gasteiger partial charge in [-0.15, -0.1) is 0 Å². The van der Waals surface area contributed by atoms with Crippen molar-refractivity contribution in [1.82, 2.24) is 20.1 Å². The second kappa shape index (κ2) is 10.7. The molecule has 1 unspecified atom stereocenters. The molecule has 0 aromatic carbocycles. The fourth-order valence-electron chi connectivity index (χ4n) is 4.95. The Morgan fingerprint density at radius 1 is 1.13 bits per heavy atom. The summed E-state index contributed by atoms with van der Waals surface area (Å²) in [4.78, 5) is 24.7. The van der Waals surface area contributed by atoms with Crippen LogP contribution in [0.25, 0.3) is 0 Å². The van der Waals surface area contributed by atoms with Gasteiger partial charge in [0.15, 0.2) is 0 Å². The molecule has 1 amide bonds. The molecule has 7 nitrogen and oxygen atoms in total. The maximum Gasteiger partial charge on any atom is 0.269 e. The minimum atomic E-state index is -0.0420. The van der Waals surface area contributed by atoms with E-state index in [9.17, 15) is 4.79 Å². The van der Waals surface area contributed by atoms with Gasteiger partial charge in [0.1, 0.15) is 11.5 Å². The largest absolute Gasteiger partial charge is 0.383 e. The molecule has 0 bridgehead atoms. The van der Waals surface area contributed by atoms with Gasteiger partial charge in [-0.1, -0.05) is 6.07 Å². The highest BCUT2D eigenvalue weighted by Crippen LogP contribution is 2.27. The highest BCUT2D eigenvalue weighted by Gasteiger charge is 2.28. The van der Waals surface area contributed by atoms with Crippen LogP contribution in [0, 0.1) is 5.92 Å². The Kier molecular flexibility index (Phi) is 7.80. The van der Waals surface area contributed by atoms with Crippen LogP contribution in [0.2, 0.25) is 0 Å². The number of aromatic nitrogens is 1. The van der Waals surface area contributed by atoms with Crippen LogP contribution in [0.1, 0.15) is 49.5 Å². The van der Waals surface area contributed by atoms with Gasteiger partial charge in [-0.2, -0.15) is 0 Å². The summed E-state index contributed by atoms with van der Waals surface area (Å²) in [6.45, 7) is 10.4. The average molecular weight is 430 g/mol. The minimum absolute atomic E-state index is 0.0420. The van der Waals surface area contributed by atoms with Crippen molar-refractivity contribution < 1.29 is 9.53 Å². The van der Waals surface area contributed by atoms with Crippen LogP contribution in [0.15, 0.2) is 18.2 Å². The van der Waals surface area contributed by atoms with Gasteiger partial charge in [-0.3, -0.25) is 14.6 Å². The molecular formula is C24H39N5O2. The van der Waals surface area contributed by atoms with E-state index in [0.717, 1.165) is 64.7 Å². The van der Waals surface area contributed by atoms with Crippen molar-refractivity contribution >= 4 is 11.7 Å². The predicted octanol–water partition coefficient (Wildman–Crippen LogP) is 2.23. The number of rotatable bonds is 8. The summed E-state index contributed by atoms with van der Waals surface area (Å²) in [6.07, 6.45) is 6.10. The molecule has 31 heavy (non-hydrogen) atoms. The Balaban J connectivity index is 1.28. The first-order valence-corrected chi connectivity index (χ1v) is 12.1. The zero-order chi connectivity index (χ0) is 21.6. The lowest BCUT2D eigenvalue weighted by Gasteiger charge is -2.40. The fourth-order valence-corrected chi connectivity index (χ4v) is 4.95. The lowest BCUT2D eigenvalue weighted by atomic mass is 10.0. The zero-order valence-electron chi connectivity index (χ0n) is 19.3. The number of pyridine rings is 1. The number of nitrogens with one attached hydrogen (secondary N) is 1.